The highest BCUT2D eigenvalue weighted by atomic mass is 32.2. The third kappa shape index (κ3) is 3.85. The molecule has 0 aliphatic heterocycles. The molecule has 1 amide bonds. The lowest BCUT2D eigenvalue weighted by Gasteiger charge is -2.11. The number of rotatable bonds is 6. The highest BCUT2D eigenvalue weighted by Crippen LogP contribution is 2.25. The van der Waals surface area contributed by atoms with Crippen molar-refractivity contribution in [2.24, 2.45) is 7.05 Å². The van der Waals surface area contributed by atoms with Crippen LogP contribution in [0.1, 0.15) is 6.92 Å². The molecule has 0 saturated heterocycles. The number of benzene rings is 1. The molecule has 25 heavy (non-hydrogen) atoms. The van der Waals surface area contributed by atoms with E-state index >= 15 is 0 Å². The molecule has 1 aromatic carbocycles. The molecule has 2 aromatic heterocycles. The van der Waals surface area contributed by atoms with Gasteiger partial charge in [0.05, 0.1) is 23.4 Å². The van der Waals surface area contributed by atoms with E-state index in [4.69, 9.17) is 4.74 Å². The minimum Gasteiger partial charge on any atom is -0.492 e. The molecule has 0 bridgehead atoms. The molecule has 0 radical (unpaired) electrons. The molecule has 0 unspecified atom stereocenters. The molecule has 0 atom stereocenters. The average Bonchev–Trinajstić information content (AvgIpc) is 3.07. The first kappa shape index (κ1) is 17.5. The highest BCUT2D eigenvalue weighted by Gasteiger charge is 2.13. The lowest BCUT2D eigenvalue weighted by molar-refractivity contribution is -0.113. The van der Waals surface area contributed by atoms with Crippen LogP contribution in [0.3, 0.4) is 0 Å². The van der Waals surface area contributed by atoms with Gasteiger partial charge in [-0.05, 0) is 30.5 Å². The Morgan fingerprint density at radius 1 is 1.36 bits per heavy atom. The van der Waals surface area contributed by atoms with Gasteiger partial charge in [0.25, 0.3) is 5.56 Å². The van der Waals surface area contributed by atoms with Crippen LogP contribution in [0.5, 0.6) is 5.75 Å². The maximum absolute atomic E-state index is 12.3. The number of fused-ring (bicyclic) bond motifs is 1. The summed E-state index contributed by atoms with van der Waals surface area (Å²) in [6.07, 6.45) is 0. The number of thioether (sulfide) groups is 1. The van der Waals surface area contributed by atoms with Crippen LogP contribution in [0, 0.1) is 0 Å². The molecule has 130 valence electrons. The van der Waals surface area contributed by atoms with E-state index in [0.29, 0.717) is 33.4 Å². The third-order valence-corrected chi connectivity index (χ3v) is 5.29. The zero-order valence-corrected chi connectivity index (χ0v) is 15.4. The smallest absolute Gasteiger partial charge is 0.262 e. The van der Waals surface area contributed by atoms with Gasteiger partial charge in [0.15, 0.2) is 5.16 Å². The maximum atomic E-state index is 12.3. The van der Waals surface area contributed by atoms with E-state index in [0.717, 1.165) is 0 Å². The van der Waals surface area contributed by atoms with E-state index in [1.54, 1.807) is 19.2 Å². The summed E-state index contributed by atoms with van der Waals surface area (Å²) in [4.78, 5) is 29.7. The Balaban J connectivity index is 1.71. The number of carbonyl (C=O) groups excluding carboxylic acids is 1. The number of nitrogens with zero attached hydrogens (tertiary/aromatic N) is 2. The number of nitrogens with one attached hydrogen (secondary N) is 1. The van der Waals surface area contributed by atoms with Crippen LogP contribution in [-0.4, -0.2) is 27.8 Å². The predicted octanol–water partition coefficient (Wildman–Crippen LogP) is 3.12. The number of para-hydroxylation sites is 2. The van der Waals surface area contributed by atoms with Crippen molar-refractivity contribution in [3.05, 3.63) is 46.1 Å². The highest BCUT2D eigenvalue weighted by molar-refractivity contribution is 7.99. The van der Waals surface area contributed by atoms with Gasteiger partial charge in [-0.25, -0.2) is 4.98 Å². The minimum atomic E-state index is -0.183. The molecular formula is C17H17N3O3S2. The molecule has 1 N–H and O–H groups in total. The van der Waals surface area contributed by atoms with E-state index in [1.165, 1.54) is 27.7 Å². The van der Waals surface area contributed by atoms with Crippen molar-refractivity contribution < 1.29 is 9.53 Å². The first-order valence-corrected chi connectivity index (χ1v) is 9.55. The zero-order valence-electron chi connectivity index (χ0n) is 13.8. The Labute approximate surface area is 152 Å². The van der Waals surface area contributed by atoms with E-state index < -0.39 is 0 Å². The van der Waals surface area contributed by atoms with Gasteiger partial charge in [-0.15, -0.1) is 11.3 Å². The molecular weight excluding hydrogens is 358 g/mol. The SMILES string of the molecule is CCOc1ccccc1NC(=O)CSc1nc2sccc2c(=O)n1C. The summed E-state index contributed by atoms with van der Waals surface area (Å²) in [5, 5.41) is 5.80. The first-order chi connectivity index (χ1) is 12.1. The van der Waals surface area contributed by atoms with Gasteiger partial charge in [-0.2, -0.15) is 0 Å². The van der Waals surface area contributed by atoms with Crippen molar-refractivity contribution in [3.8, 4) is 5.75 Å². The molecule has 0 saturated carbocycles. The summed E-state index contributed by atoms with van der Waals surface area (Å²) >= 11 is 2.65. The Morgan fingerprint density at radius 2 is 2.16 bits per heavy atom. The summed E-state index contributed by atoms with van der Waals surface area (Å²) in [6, 6.07) is 9.05. The standard InChI is InChI=1S/C17H17N3O3S2/c1-3-23-13-7-5-4-6-12(13)18-14(21)10-25-17-19-15-11(8-9-24-15)16(22)20(17)2/h4-9H,3,10H2,1-2H3,(H,18,21). The second kappa shape index (κ2) is 7.71. The second-order valence-electron chi connectivity index (χ2n) is 5.16. The van der Waals surface area contributed by atoms with Crippen LogP contribution in [0.4, 0.5) is 5.69 Å². The lowest BCUT2D eigenvalue weighted by atomic mass is 10.3. The van der Waals surface area contributed by atoms with Crippen LogP contribution < -0.4 is 15.6 Å². The Kier molecular flexibility index (Phi) is 5.40. The number of carbonyl (C=O) groups is 1. The van der Waals surface area contributed by atoms with Gasteiger partial charge in [-0.1, -0.05) is 23.9 Å². The molecule has 0 fully saturated rings. The quantitative estimate of drug-likeness (QED) is 0.529. The fourth-order valence-electron chi connectivity index (χ4n) is 2.28. The van der Waals surface area contributed by atoms with Crippen molar-refractivity contribution in [1.29, 1.82) is 0 Å². The van der Waals surface area contributed by atoms with E-state index in [2.05, 4.69) is 10.3 Å². The summed E-state index contributed by atoms with van der Waals surface area (Å²) in [5.74, 6) is 0.601. The van der Waals surface area contributed by atoms with E-state index in [-0.39, 0.29) is 17.2 Å². The second-order valence-corrected chi connectivity index (χ2v) is 7.00. The number of amides is 1. The topological polar surface area (TPSA) is 73.2 Å². The third-order valence-electron chi connectivity index (χ3n) is 3.46. The van der Waals surface area contributed by atoms with Crippen molar-refractivity contribution >= 4 is 44.9 Å². The van der Waals surface area contributed by atoms with Gasteiger partial charge in [0.2, 0.25) is 5.91 Å². The molecule has 8 heteroatoms. The summed E-state index contributed by atoms with van der Waals surface area (Å²) in [6.45, 7) is 2.41. The van der Waals surface area contributed by atoms with Gasteiger partial charge in [0, 0.05) is 7.05 Å². The van der Waals surface area contributed by atoms with Gasteiger partial charge in [-0.3, -0.25) is 14.2 Å². The normalized spacial score (nSPS) is 10.8. The number of hydrogen-bond donors (Lipinski definition) is 1. The molecule has 0 aliphatic carbocycles. The van der Waals surface area contributed by atoms with Crippen LogP contribution in [0.25, 0.3) is 10.2 Å². The van der Waals surface area contributed by atoms with Gasteiger partial charge in [0.1, 0.15) is 10.6 Å². The molecule has 6 nitrogen and oxygen atoms in total. The summed E-state index contributed by atoms with van der Waals surface area (Å²) in [7, 11) is 1.66. The molecule has 2 heterocycles. The summed E-state index contributed by atoms with van der Waals surface area (Å²) in [5.41, 5.74) is 0.529. The predicted molar refractivity (Wildman–Crippen MR) is 102 cm³/mol. The number of ether oxygens (including phenoxy) is 1. The maximum Gasteiger partial charge on any atom is 0.262 e. The van der Waals surface area contributed by atoms with E-state index in [1.807, 2.05) is 30.5 Å². The molecule has 3 aromatic rings. The number of hydrogen-bond acceptors (Lipinski definition) is 6. The first-order valence-electron chi connectivity index (χ1n) is 7.69. The van der Waals surface area contributed by atoms with Gasteiger partial charge >= 0.3 is 0 Å². The monoisotopic (exact) mass is 375 g/mol. The lowest BCUT2D eigenvalue weighted by Crippen LogP contribution is -2.21. The Hall–Kier alpha value is -2.32. The van der Waals surface area contributed by atoms with E-state index in [9.17, 15) is 9.59 Å². The Morgan fingerprint density at radius 3 is 2.96 bits per heavy atom. The van der Waals surface area contributed by atoms with Crippen LogP contribution in [0.2, 0.25) is 0 Å². The summed E-state index contributed by atoms with van der Waals surface area (Å²) < 4.78 is 6.97. The van der Waals surface area contributed by atoms with Gasteiger partial charge < -0.3 is 10.1 Å². The molecule has 0 aliphatic rings. The fourth-order valence-corrected chi connectivity index (χ4v) is 3.85. The van der Waals surface area contributed by atoms with Crippen molar-refractivity contribution in [3.63, 3.8) is 0 Å². The zero-order chi connectivity index (χ0) is 17.8. The number of anilines is 1. The molecule has 0 spiro atoms. The molecule has 3 rings (SSSR count). The fraction of sp³-hybridized carbons (Fsp3) is 0.235. The Bertz CT molecular complexity index is 965. The number of thiophene rings is 1. The average molecular weight is 375 g/mol. The minimum absolute atomic E-state index is 0.101. The van der Waals surface area contributed by atoms with Crippen LogP contribution >= 0.6 is 23.1 Å². The van der Waals surface area contributed by atoms with Crippen molar-refractivity contribution in [2.45, 2.75) is 12.1 Å². The van der Waals surface area contributed by atoms with Crippen molar-refractivity contribution in [2.75, 3.05) is 17.7 Å². The van der Waals surface area contributed by atoms with Crippen molar-refractivity contribution in [1.82, 2.24) is 9.55 Å². The van der Waals surface area contributed by atoms with Crippen LogP contribution in [0.15, 0.2) is 45.7 Å². The number of aromatic nitrogens is 2. The van der Waals surface area contributed by atoms with Crippen LogP contribution in [-0.2, 0) is 11.8 Å². The largest absolute Gasteiger partial charge is 0.492 e.